The maximum atomic E-state index is 4.52. The van der Waals surface area contributed by atoms with E-state index in [1.54, 1.807) is 0 Å². The summed E-state index contributed by atoms with van der Waals surface area (Å²) in [5, 5.41) is 2.44. The molecule has 0 atom stereocenters. The number of aromatic nitrogens is 3. The second-order valence-electron chi connectivity index (χ2n) is 7.12. The summed E-state index contributed by atoms with van der Waals surface area (Å²) in [4.78, 5) is 11.4. The molecule has 140 valence electrons. The van der Waals surface area contributed by atoms with Crippen molar-refractivity contribution < 1.29 is 4.40 Å². The van der Waals surface area contributed by atoms with Crippen LogP contribution in [0, 0.1) is 0 Å². The molecule has 4 heterocycles. The predicted molar refractivity (Wildman–Crippen MR) is 115 cm³/mol. The molecule has 4 heteroatoms. The number of anilines is 1. The summed E-state index contributed by atoms with van der Waals surface area (Å²) in [6.45, 7) is 1.45. The molecule has 0 aliphatic carbocycles. The van der Waals surface area contributed by atoms with Gasteiger partial charge in [0.25, 0.3) is 0 Å². The minimum absolute atomic E-state index is 0.727. The minimum atomic E-state index is 0.727. The molecule has 0 unspecified atom stereocenters. The van der Waals surface area contributed by atoms with Gasteiger partial charge in [0.15, 0.2) is 12.4 Å². The van der Waals surface area contributed by atoms with E-state index in [0.717, 1.165) is 30.2 Å². The van der Waals surface area contributed by atoms with Crippen LogP contribution in [0.5, 0.6) is 0 Å². The van der Waals surface area contributed by atoms with E-state index in [1.807, 2.05) is 36.7 Å². The molecule has 1 aromatic carbocycles. The zero-order valence-electron chi connectivity index (χ0n) is 16.0. The molecule has 0 spiro atoms. The Bertz CT molecular complexity index is 1210. The van der Waals surface area contributed by atoms with Gasteiger partial charge < -0.3 is 4.90 Å². The maximum Gasteiger partial charge on any atom is 0.211 e. The van der Waals surface area contributed by atoms with E-state index in [2.05, 4.69) is 86.3 Å². The zero-order chi connectivity index (χ0) is 19.5. The smallest absolute Gasteiger partial charge is 0.211 e. The fourth-order valence-corrected chi connectivity index (χ4v) is 3.63. The Kier molecular flexibility index (Phi) is 4.59. The summed E-state index contributed by atoms with van der Waals surface area (Å²) in [5.41, 5.74) is 4.42. The molecule has 5 rings (SSSR count). The molecule has 5 aromatic rings. The van der Waals surface area contributed by atoms with Crippen LogP contribution in [0.25, 0.3) is 16.3 Å². The van der Waals surface area contributed by atoms with Crippen LogP contribution >= 0.6 is 0 Å². The highest BCUT2D eigenvalue weighted by Crippen LogP contribution is 2.25. The Balaban J connectivity index is 1.56. The van der Waals surface area contributed by atoms with Crippen molar-refractivity contribution in [1.82, 2.24) is 9.97 Å². The second kappa shape index (κ2) is 7.68. The maximum absolute atomic E-state index is 4.52. The van der Waals surface area contributed by atoms with E-state index in [1.165, 1.54) is 16.3 Å². The third kappa shape index (κ3) is 3.78. The Morgan fingerprint density at radius 1 is 0.690 bits per heavy atom. The molecule has 0 N–H and O–H groups in total. The van der Waals surface area contributed by atoms with Crippen molar-refractivity contribution in [2.24, 2.45) is 0 Å². The molecule has 0 saturated heterocycles. The van der Waals surface area contributed by atoms with Gasteiger partial charge in [-0.25, -0.2) is 0 Å². The first-order valence-electron chi connectivity index (χ1n) is 9.74. The average molecular weight is 377 g/mol. The van der Waals surface area contributed by atoms with Crippen LogP contribution in [0.1, 0.15) is 11.4 Å². The van der Waals surface area contributed by atoms with Gasteiger partial charge in [-0.1, -0.05) is 12.1 Å². The Morgan fingerprint density at radius 3 is 2.10 bits per heavy atom. The summed E-state index contributed by atoms with van der Waals surface area (Å²) in [6.07, 6.45) is 7.95. The number of hydrogen-bond donors (Lipinski definition) is 0. The molecule has 0 saturated carbocycles. The lowest BCUT2D eigenvalue weighted by atomic mass is 10.1. The number of benzene rings is 1. The summed E-state index contributed by atoms with van der Waals surface area (Å²) in [6, 6.07) is 27.2. The topological polar surface area (TPSA) is 33.1 Å². The molecule has 4 aromatic heterocycles. The normalized spacial score (nSPS) is 11.0. The Hall–Kier alpha value is -3.79. The number of pyridine rings is 4. The van der Waals surface area contributed by atoms with E-state index in [9.17, 15) is 0 Å². The highest BCUT2D eigenvalue weighted by Gasteiger charge is 2.12. The van der Waals surface area contributed by atoms with E-state index in [0.29, 0.717) is 0 Å². The lowest BCUT2D eigenvalue weighted by Gasteiger charge is -2.24. The predicted octanol–water partition coefficient (Wildman–Crippen LogP) is 4.58. The fraction of sp³-hybridized carbons (Fsp3) is 0.0800. The highest BCUT2D eigenvalue weighted by molar-refractivity contribution is 5.87. The van der Waals surface area contributed by atoms with Crippen molar-refractivity contribution in [3.8, 4) is 0 Å². The average Bonchev–Trinajstić information content (AvgIpc) is 2.78. The largest absolute Gasteiger partial charge is 0.360 e. The molecular formula is C25H21N4+. The van der Waals surface area contributed by atoms with Gasteiger partial charge in [-0.2, -0.15) is 4.40 Å². The number of nitrogens with zero attached hydrogens (tertiary/aromatic N) is 4. The van der Waals surface area contributed by atoms with E-state index >= 15 is 0 Å². The molecule has 4 nitrogen and oxygen atoms in total. The van der Waals surface area contributed by atoms with Gasteiger partial charge >= 0.3 is 0 Å². The van der Waals surface area contributed by atoms with Gasteiger partial charge in [-0.15, -0.1) is 0 Å². The van der Waals surface area contributed by atoms with Crippen molar-refractivity contribution in [3.05, 3.63) is 115 Å². The summed E-state index contributed by atoms with van der Waals surface area (Å²) < 4.78 is 2.15. The van der Waals surface area contributed by atoms with Crippen molar-refractivity contribution in [2.75, 3.05) is 4.90 Å². The van der Waals surface area contributed by atoms with E-state index in [4.69, 9.17) is 0 Å². The van der Waals surface area contributed by atoms with Crippen molar-refractivity contribution in [1.29, 1.82) is 0 Å². The SMILES string of the molecule is c1ccc(CN(Cc2ccccn2)c2ccc3c[n+]4ccccc4cc3c2)nc1. The summed E-state index contributed by atoms with van der Waals surface area (Å²) in [7, 11) is 0. The quantitative estimate of drug-likeness (QED) is 0.332. The van der Waals surface area contributed by atoms with Crippen LogP contribution in [-0.2, 0) is 13.1 Å². The van der Waals surface area contributed by atoms with E-state index in [-0.39, 0.29) is 0 Å². The molecule has 0 aliphatic heterocycles. The van der Waals surface area contributed by atoms with E-state index < -0.39 is 0 Å². The van der Waals surface area contributed by atoms with Crippen molar-refractivity contribution in [2.45, 2.75) is 13.1 Å². The Morgan fingerprint density at radius 2 is 1.41 bits per heavy atom. The molecule has 29 heavy (non-hydrogen) atoms. The van der Waals surface area contributed by atoms with Crippen LogP contribution in [0.15, 0.2) is 104 Å². The van der Waals surface area contributed by atoms with Gasteiger partial charge in [0.2, 0.25) is 5.52 Å². The van der Waals surface area contributed by atoms with Gasteiger partial charge in [-0.05, 0) is 53.9 Å². The molecular weight excluding hydrogens is 356 g/mol. The van der Waals surface area contributed by atoms with Crippen molar-refractivity contribution in [3.63, 3.8) is 0 Å². The first-order chi connectivity index (χ1) is 14.3. The third-order valence-corrected chi connectivity index (χ3v) is 5.10. The highest BCUT2D eigenvalue weighted by atomic mass is 15.1. The number of fused-ring (bicyclic) bond motifs is 2. The summed E-state index contributed by atoms with van der Waals surface area (Å²) >= 11 is 0. The third-order valence-electron chi connectivity index (χ3n) is 5.10. The van der Waals surface area contributed by atoms with Crippen LogP contribution in [0.2, 0.25) is 0 Å². The van der Waals surface area contributed by atoms with Crippen LogP contribution in [0.4, 0.5) is 5.69 Å². The van der Waals surface area contributed by atoms with Gasteiger partial charge in [0.05, 0.1) is 24.5 Å². The van der Waals surface area contributed by atoms with Crippen LogP contribution in [-0.4, -0.2) is 9.97 Å². The fourth-order valence-electron chi connectivity index (χ4n) is 3.63. The zero-order valence-corrected chi connectivity index (χ0v) is 16.0. The van der Waals surface area contributed by atoms with Gasteiger partial charge in [0.1, 0.15) is 0 Å². The molecule has 0 aliphatic rings. The second-order valence-corrected chi connectivity index (χ2v) is 7.12. The number of rotatable bonds is 5. The lowest BCUT2D eigenvalue weighted by Crippen LogP contribution is -2.23. The molecule has 0 radical (unpaired) electrons. The lowest BCUT2D eigenvalue weighted by molar-refractivity contribution is -0.510. The van der Waals surface area contributed by atoms with Gasteiger partial charge in [0, 0.05) is 41.7 Å². The minimum Gasteiger partial charge on any atom is -0.360 e. The monoisotopic (exact) mass is 377 g/mol. The first-order valence-corrected chi connectivity index (χ1v) is 9.74. The van der Waals surface area contributed by atoms with Gasteiger partial charge in [-0.3, -0.25) is 9.97 Å². The van der Waals surface area contributed by atoms with Crippen LogP contribution < -0.4 is 9.30 Å². The standard InChI is InChI=1S/C25H21N4/c1-4-12-26-22(7-1)18-29(19-23-8-2-5-13-27-23)25-11-10-20-17-28-14-6-3-9-24(28)15-21(20)16-25/h1-17H,18-19H2/q+1. The molecule has 0 fully saturated rings. The Labute approximate surface area is 169 Å². The molecule has 0 bridgehead atoms. The summed E-state index contributed by atoms with van der Waals surface area (Å²) in [5.74, 6) is 0. The number of hydrogen-bond acceptors (Lipinski definition) is 3. The van der Waals surface area contributed by atoms with Crippen molar-refractivity contribution >= 4 is 22.0 Å². The molecule has 0 amide bonds. The van der Waals surface area contributed by atoms with Crippen LogP contribution in [0.3, 0.4) is 0 Å². The first kappa shape index (κ1) is 17.3.